The van der Waals surface area contributed by atoms with Gasteiger partial charge < -0.3 is 14.4 Å². The Morgan fingerprint density at radius 1 is 1.32 bits per heavy atom. The molecule has 0 atom stereocenters. The highest BCUT2D eigenvalue weighted by atomic mass is 16.5. The Labute approximate surface area is 114 Å². The van der Waals surface area contributed by atoms with Crippen molar-refractivity contribution in [1.29, 1.82) is 0 Å². The number of methoxy groups -OCH3 is 2. The molecule has 1 rings (SSSR count). The quantitative estimate of drug-likeness (QED) is 0.741. The van der Waals surface area contributed by atoms with Crippen LogP contribution in [-0.4, -0.2) is 38.1 Å². The Balaban J connectivity index is 3.11. The van der Waals surface area contributed by atoms with Crippen LogP contribution in [0.15, 0.2) is 30.4 Å². The average Bonchev–Trinajstić information content (AvgIpc) is 2.42. The summed E-state index contributed by atoms with van der Waals surface area (Å²) in [5.41, 5.74) is 1.45. The zero-order valence-corrected chi connectivity index (χ0v) is 12.0. The second kappa shape index (κ2) is 6.83. The summed E-state index contributed by atoms with van der Waals surface area (Å²) >= 11 is 0. The lowest BCUT2D eigenvalue weighted by Gasteiger charge is -2.22. The van der Waals surface area contributed by atoms with Crippen LogP contribution in [-0.2, 0) is 0 Å². The molecule has 0 aliphatic carbocycles. The van der Waals surface area contributed by atoms with E-state index in [4.69, 9.17) is 9.47 Å². The number of carbonyl (C=O) groups is 1. The van der Waals surface area contributed by atoms with Gasteiger partial charge in [-0.15, -0.1) is 0 Å². The first-order valence-electron chi connectivity index (χ1n) is 6.19. The van der Waals surface area contributed by atoms with Crippen LogP contribution >= 0.6 is 0 Å². The molecule has 4 nitrogen and oxygen atoms in total. The van der Waals surface area contributed by atoms with Crippen molar-refractivity contribution in [3.63, 3.8) is 0 Å². The molecular formula is C15H21NO3. The van der Waals surface area contributed by atoms with Crippen LogP contribution in [0, 0.1) is 0 Å². The fourth-order valence-corrected chi connectivity index (χ4v) is 1.80. The molecule has 0 heterocycles. The van der Waals surface area contributed by atoms with Crippen LogP contribution < -0.4 is 9.47 Å². The van der Waals surface area contributed by atoms with E-state index >= 15 is 0 Å². The van der Waals surface area contributed by atoms with Crippen LogP contribution in [0.4, 0.5) is 0 Å². The number of ether oxygens (including phenoxy) is 2. The summed E-state index contributed by atoms with van der Waals surface area (Å²) in [4.78, 5) is 14.2. The van der Waals surface area contributed by atoms with Gasteiger partial charge in [-0.2, -0.15) is 0 Å². The van der Waals surface area contributed by atoms with E-state index in [9.17, 15) is 4.79 Å². The molecule has 104 valence electrons. The van der Waals surface area contributed by atoms with E-state index in [2.05, 4.69) is 6.58 Å². The predicted octanol–water partition coefficient (Wildman–Crippen LogP) is 2.74. The largest absolute Gasteiger partial charge is 0.497 e. The fourth-order valence-electron chi connectivity index (χ4n) is 1.80. The van der Waals surface area contributed by atoms with Gasteiger partial charge in [-0.05, 0) is 32.0 Å². The molecule has 1 aromatic carbocycles. The number of rotatable bonds is 6. The van der Waals surface area contributed by atoms with Crippen molar-refractivity contribution in [2.45, 2.75) is 13.8 Å². The Morgan fingerprint density at radius 2 is 2.00 bits per heavy atom. The Hall–Kier alpha value is -1.97. The molecule has 1 aromatic rings. The van der Waals surface area contributed by atoms with Crippen LogP contribution in [0.2, 0.25) is 0 Å². The third-order valence-corrected chi connectivity index (χ3v) is 2.77. The number of carbonyl (C=O) groups excluding carboxylic acids is 1. The van der Waals surface area contributed by atoms with Crippen LogP contribution in [0.1, 0.15) is 24.2 Å². The van der Waals surface area contributed by atoms with E-state index in [0.717, 1.165) is 5.57 Å². The third kappa shape index (κ3) is 3.74. The lowest BCUT2D eigenvalue weighted by molar-refractivity contribution is 0.0774. The first-order valence-corrected chi connectivity index (χ1v) is 6.19. The third-order valence-electron chi connectivity index (χ3n) is 2.77. The maximum Gasteiger partial charge on any atom is 0.258 e. The molecule has 0 saturated heterocycles. The molecule has 0 N–H and O–H groups in total. The second-order valence-electron chi connectivity index (χ2n) is 4.34. The molecule has 0 bridgehead atoms. The smallest absolute Gasteiger partial charge is 0.258 e. The summed E-state index contributed by atoms with van der Waals surface area (Å²) in [5.74, 6) is 1.10. The molecule has 0 spiro atoms. The van der Waals surface area contributed by atoms with Crippen molar-refractivity contribution in [3.8, 4) is 11.5 Å². The van der Waals surface area contributed by atoms with Crippen molar-refractivity contribution in [3.05, 3.63) is 35.9 Å². The van der Waals surface area contributed by atoms with Crippen molar-refractivity contribution in [1.82, 2.24) is 4.90 Å². The zero-order valence-electron chi connectivity index (χ0n) is 12.0. The minimum atomic E-state index is -0.0822. The summed E-state index contributed by atoms with van der Waals surface area (Å²) in [5, 5.41) is 0. The highest BCUT2D eigenvalue weighted by molar-refractivity contribution is 5.97. The monoisotopic (exact) mass is 263 g/mol. The molecule has 0 fully saturated rings. The fraction of sp³-hybridized carbons (Fsp3) is 0.400. The topological polar surface area (TPSA) is 38.8 Å². The highest BCUT2D eigenvalue weighted by Crippen LogP contribution is 2.25. The van der Waals surface area contributed by atoms with Crippen molar-refractivity contribution in [2.24, 2.45) is 0 Å². The Bertz CT molecular complexity index is 468. The van der Waals surface area contributed by atoms with Crippen LogP contribution in [0.25, 0.3) is 0 Å². The van der Waals surface area contributed by atoms with E-state index in [1.54, 1.807) is 37.3 Å². The van der Waals surface area contributed by atoms with E-state index in [0.29, 0.717) is 30.2 Å². The number of hydrogen-bond donors (Lipinski definition) is 0. The van der Waals surface area contributed by atoms with E-state index in [-0.39, 0.29) is 5.91 Å². The number of likely N-dealkylation sites (N-methyl/N-ethyl adjacent to an activating group) is 1. The summed E-state index contributed by atoms with van der Waals surface area (Å²) in [7, 11) is 3.12. The molecule has 19 heavy (non-hydrogen) atoms. The standard InChI is InChI=1S/C15H21NO3/c1-6-16(10-11(2)3)15(17)13-9-12(18-4)7-8-14(13)19-5/h7-9H,2,6,10H2,1,3-5H3. The SMILES string of the molecule is C=C(C)CN(CC)C(=O)c1cc(OC)ccc1OC. The first kappa shape index (κ1) is 15.1. The van der Waals surface area contributed by atoms with Gasteiger partial charge in [0, 0.05) is 13.1 Å². The first-order chi connectivity index (χ1) is 9.03. The van der Waals surface area contributed by atoms with Gasteiger partial charge >= 0.3 is 0 Å². The molecule has 0 unspecified atom stereocenters. The number of hydrogen-bond acceptors (Lipinski definition) is 3. The highest BCUT2D eigenvalue weighted by Gasteiger charge is 2.19. The zero-order chi connectivity index (χ0) is 14.4. The maximum atomic E-state index is 12.5. The van der Waals surface area contributed by atoms with Gasteiger partial charge in [0.2, 0.25) is 0 Å². The summed E-state index contributed by atoms with van der Waals surface area (Å²) in [6, 6.07) is 5.20. The maximum absolute atomic E-state index is 12.5. The van der Waals surface area contributed by atoms with E-state index in [1.807, 2.05) is 13.8 Å². The molecule has 0 radical (unpaired) electrons. The lowest BCUT2D eigenvalue weighted by Crippen LogP contribution is -2.32. The van der Waals surface area contributed by atoms with Gasteiger partial charge in [0.15, 0.2) is 0 Å². The van der Waals surface area contributed by atoms with Gasteiger partial charge in [0.1, 0.15) is 11.5 Å². The number of amides is 1. The molecular weight excluding hydrogens is 242 g/mol. The summed E-state index contributed by atoms with van der Waals surface area (Å²) < 4.78 is 10.4. The lowest BCUT2D eigenvalue weighted by atomic mass is 10.1. The van der Waals surface area contributed by atoms with Crippen molar-refractivity contribution in [2.75, 3.05) is 27.3 Å². The molecule has 1 amide bonds. The van der Waals surface area contributed by atoms with Crippen LogP contribution in [0.5, 0.6) is 11.5 Å². The minimum absolute atomic E-state index is 0.0822. The average molecular weight is 263 g/mol. The van der Waals surface area contributed by atoms with Crippen molar-refractivity contribution >= 4 is 5.91 Å². The van der Waals surface area contributed by atoms with Gasteiger partial charge in [-0.1, -0.05) is 12.2 Å². The van der Waals surface area contributed by atoms with Gasteiger partial charge in [0.25, 0.3) is 5.91 Å². The van der Waals surface area contributed by atoms with E-state index in [1.165, 1.54) is 0 Å². The molecule has 0 aliphatic rings. The van der Waals surface area contributed by atoms with E-state index < -0.39 is 0 Å². The number of benzene rings is 1. The number of nitrogens with zero attached hydrogens (tertiary/aromatic N) is 1. The van der Waals surface area contributed by atoms with Gasteiger partial charge in [0.05, 0.1) is 19.8 Å². The second-order valence-corrected chi connectivity index (χ2v) is 4.34. The predicted molar refractivity (Wildman–Crippen MR) is 75.9 cm³/mol. The minimum Gasteiger partial charge on any atom is -0.497 e. The molecule has 0 aromatic heterocycles. The Kier molecular flexibility index (Phi) is 5.42. The molecule has 0 saturated carbocycles. The Morgan fingerprint density at radius 3 is 2.47 bits per heavy atom. The normalized spacial score (nSPS) is 9.89. The summed E-state index contributed by atoms with van der Waals surface area (Å²) in [6.07, 6.45) is 0. The van der Waals surface area contributed by atoms with Gasteiger partial charge in [-0.25, -0.2) is 0 Å². The molecule has 0 aliphatic heterocycles. The summed E-state index contributed by atoms with van der Waals surface area (Å²) in [6.45, 7) is 8.84. The van der Waals surface area contributed by atoms with Crippen LogP contribution in [0.3, 0.4) is 0 Å². The van der Waals surface area contributed by atoms with Gasteiger partial charge in [-0.3, -0.25) is 4.79 Å². The molecule has 4 heteroatoms. The van der Waals surface area contributed by atoms with Crippen molar-refractivity contribution < 1.29 is 14.3 Å².